The zero-order chi connectivity index (χ0) is 7.86. The Morgan fingerprint density at radius 2 is 1.55 bits per heavy atom. The number of hydrogen-bond donors (Lipinski definition) is 4. The van der Waals surface area contributed by atoms with E-state index in [1.165, 1.54) is 0 Å². The Labute approximate surface area is 106 Å². The summed E-state index contributed by atoms with van der Waals surface area (Å²) in [6.07, 6.45) is -1.69. The smallest absolute Gasteiger partial charge is 1.00 e. The molecule has 0 heterocycles. The molecule has 0 aromatic rings. The van der Waals surface area contributed by atoms with Gasteiger partial charge in [-0.2, -0.15) is 5.26 Å². The third-order valence-electron chi connectivity index (χ3n) is 0.0781. The fraction of sp³-hybridized carbons (Fsp3) is 0. The van der Waals surface area contributed by atoms with Crippen molar-refractivity contribution < 1.29 is 67.9 Å². The van der Waals surface area contributed by atoms with Crippen LogP contribution in [0.5, 0.6) is 0 Å². The Balaban J connectivity index is -0.0000000104. The molecule has 0 aliphatic rings. The average Bonchev–Trinajstić information content (AvgIpc) is 1.65. The molecule has 0 spiro atoms. The number of carbonyl (C=O) groups is 1. The van der Waals surface area contributed by atoms with E-state index in [9.17, 15) is 0 Å². The van der Waals surface area contributed by atoms with E-state index in [2.05, 4.69) is 4.89 Å². The van der Waals surface area contributed by atoms with Crippen molar-refractivity contribution in [1.82, 2.24) is 0 Å². The van der Waals surface area contributed by atoms with Gasteiger partial charge < -0.3 is 19.0 Å². The van der Waals surface area contributed by atoms with Gasteiger partial charge in [-0.1, -0.05) is 0 Å². The molecule has 0 unspecified atom stereocenters. The Hall–Kier alpha value is 0.613. The van der Waals surface area contributed by atoms with Crippen molar-refractivity contribution in [3.63, 3.8) is 0 Å². The molecule has 0 fully saturated rings. The predicted octanol–water partition coefficient (Wildman–Crippen LogP) is -4.50. The summed E-state index contributed by atoms with van der Waals surface area (Å²) >= 11 is 0. The van der Waals surface area contributed by atoms with Gasteiger partial charge in [0.1, 0.15) is 0 Å². The number of carboxylic acid groups (broad SMARTS) is 1. The quantitative estimate of drug-likeness (QED) is 0.179. The summed E-state index contributed by atoms with van der Waals surface area (Å²) in [4.78, 5) is 25.9. The standard InChI is InChI=1S/CH2O4.Mg.Na.H2O3Si.3H/c2-1(3)5-4;;;1-4(2)3;;;/h4H,(H,2,3);;;1-2H;;;/q;+2;+1;;3*-1. The molecule has 0 rings (SSSR count). The molecule has 0 aromatic carbocycles. The fourth-order valence-corrected chi connectivity index (χ4v) is 0. The fourth-order valence-electron chi connectivity index (χ4n) is 0. The van der Waals surface area contributed by atoms with Gasteiger partial charge >= 0.3 is 67.9 Å². The minimum Gasteiger partial charge on any atom is -1.00 e. The summed E-state index contributed by atoms with van der Waals surface area (Å²) in [6, 6.07) is 0. The molecule has 0 atom stereocenters. The van der Waals surface area contributed by atoms with E-state index in [4.69, 9.17) is 29.2 Å². The van der Waals surface area contributed by atoms with E-state index in [0.29, 0.717) is 0 Å². The van der Waals surface area contributed by atoms with Crippen LogP contribution in [0.1, 0.15) is 4.28 Å². The Morgan fingerprint density at radius 3 is 1.55 bits per heavy atom. The maximum atomic E-state index is 8.90. The van der Waals surface area contributed by atoms with Gasteiger partial charge in [-0.05, 0) is 0 Å². The first-order valence-corrected chi connectivity index (χ1v) is 2.77. The van der Waals surface area contributed by atoms with Crippen LogP contribution < -0.4 is 29.6 Å². The van der Waals surface area contributed by atoms with Gasteiger partial charge in [0.2, 0.25) is 0 Å². The molecule has 0 radical (unpaired) electrons. The van der Waals surface area contributed by atoms with E-state index in [-0.39, 0.29) is 56.9 Å². The van der Waals surface area contributed by atoms with Crippen molar-refractivity contribution in [3.8, 4) is 0 Å². The largest absolute Gasteiger partial charge is 2.00 e. The van der Waals surface area contributed by atoms with Gasteiger partial charge in [-0.25, -0.2) is 4.79 Å². The molecule has 0 saturated heterocycles. The van der Waals surface area contributed by atoms with Gasteiger partial charge in [0.15, 0.2) is 0 Å². The molecule has 60 valence electrons. The first kappa shape index (κ1) is 22.6. The zero-order valence-corrected chi connectivity index (χ0v) is 10.1. The van der Waals surface area contributed by atoms with Gasteiger partial charge in [0, 0.05) is 0 Å². The molecule has 11 heavy (non-hydrogen) atoms. The summed E-state index contributed by atoms with van der Waals surface area (Å²) in [5, 5.41) is 14.3. The maximum Gasteiger partial charge on any atom is 2.00 e. The van der Waals surface area contributed by atoms with Gasteiger partial charge in [-0.15, -0.1) is 0 Å². The van der Waals surface area contributed by atoms with E-state index in [1.54, 1.807) is 0 Å². The van der Waals surface area contributed by atoms with Crippen LogP contribution in [0.4, 0.5) is 4.79 Å². The molecular formula is CH7MgNaO7Si. The molecule has 0 aliphatic heterocycles. The molecule has 0 aliphatic carbocycles. The second-order valence-corrected chi connectivity index (χ2v) is 1.20. The van der Waals surface area contributed by atoms with Crippen LogP contribution in [0, 0.1) is 0 Å². The van der Waals surface area contributed by atoms with Crippen LogP contribution in [-0.4, -0.2) is 58.3 Å². The summed E-state index contributed by atoms with van der Waals surface area (Å²) in [7, 11) is -3.13. The SMILES string of the molecule is O=C(O)OO.O=[Si](O)O.[H-].[H-].[H-].[Mg+2].[Na+]. The first-order valence-electron chi connectivity index (χ1n) is 1.47. The molecule has 7 nitrogen and oxygen atoms in total. The van der Waals surface area contributed by atoms with E-state index >= 15 is 0 Å². The molecular weight excluding hydrogens is 199 g/mol. The van der Waals surface area contributed by atoms with Crippen LogP contribution in [0.3, 0.4) is 0 Å². The van der Waals surface area contributed by atoms with Crippen molar-refractivity contribution in [2.75, 3.05) is 0 Å². The van der Waals surface area contributed by atoms with E-state index < -0.39 is 15.3 Å². The van der Waals surface area contributed by atoms with Crippen LogP contribution in [0.25, 0.3) is 0 Å². The molecule has 0 saturated carbocycles. The van der Waals surface area contributed by atoms with Crippen molar-refractivity contribution >= 4 is 38.4 Å². The number of rotatable bonds is 0. The Kier molecular flexibility index (Phi) is 34.7. The molecule has 10 heteroatoms. The van der Waals surface area contributed by atoms with Crippen LogP contribution in [0.15, 0.2) is 0 Å². The molecule has 0 aromatic heterocycles. The van der Waals surface area contributed by atoms with Crippen molar-refractivity contribution in [3.05, 3.63) is 0 Å². The monoisotopic (exact) mass is 206 g/mol. The minimum absolute atomic E-state index is 0. The third kappa shape index (κ3) is 115. The summed E-state index contributed by atoms with van der Waals surface area (Å²) < 4.78 is 8.74. The van der Waals surface area contributed by atoms with Gasteiger partial charge in [0.25, 0.3) is 0 Å². The van der Waals surface area contributed by atoms with Gasteiger partial charge in [0.05, 0.1) is 0 Å². The van der Waals surface area contributed by atoms with Crippen molar-refractivity contribution in [2.24, 2.45) is 0 Å². The minimum atomic E-state index is -3.13. The molecule has 4 N–H and O–H groups in total. The topological polar surface area (TPSA) is 124 Å². The average molecular weight is 206 g/mol. The second kappa shape index (κ2) is 16.9. The summed E-state index contributed by atoms with van der Waals surface area (Å²) in [6.45, 7) is 0. The number of hydrogen-bond acceptors (Lipinski definition) is 4. The second-order valence-electron chi connectivity index (χ2n) is 0.640. The van der Waals surface area contributed by atoms with Crippen LogP contribution >= 0.6 is 0 Å². The zero-order valence-electron chi connectivity index (χ0n) is 8.72. The third-order valence-corrected chi connectivity index (χ3v) is 0.0781. The van der Waals surface area contributed by atoms with E-state index in [0.717, 1.165) is 0 Å². The Bertz CT molecular complexity index is 113. The van der Waals surface area contributed by atoms with Crippen LogP contribution in [-0.2, 0) is 9.35 Å². The van der Waals surface area contributed by atoms with E-state index in [1.807, 2.05) is 0 Å². The normalized spacial score (nSPS) is 5.18. The summed E-state index contributed by atoms with van der Waals surface area (Å²) in [5.41, 5.74) is 0. The van der Waals surface area contributed by atoms with Crippen LogP contribution in [0.2, 0.25) is 0 Å². The first-order chi connectivity index (χ1) is 4.00. The maximum absolute atomic E-state index is 8.90. The predicted molar refractivity (Wildman–Crippen MR) is 31.7 cm³/mol. The van der Waals surface area contributed by atoms with Gasteiger partial charge in [-0.3, -0.25) is 9.35 Å². The molecule has 0 bridgehead atoms. The van der Waals surface area contributed by atoms with Crippen molar-refractivity contribution in [1.29, 1.82) is 0 Å². The summed E-state index contributed by atoms with van der Waals surface area (Å²) in [5.74, 6) is 0. The Morgan fingerprint density at radius 1 is 1.45 bits per heavy atom. The molecule has 0 amide bonds. The van der Waals surface area contributed by atoms with Crippen molar-refractivity contribution in [2.45, 2.75) is 0 Å².